The van der Waals surface area contributed by atoms with E-state index < -0.39 is 0 Å². The van der Waals surface area contributed by atoms with Gasteiger partial charge in [-0.3, -0.25) is 19.2 Å². The fraction of sp³-hybridized carbons (Fsp3) is 0.800. The van der Waals surface area contributed by atoms with E-state index in [1.54, 1.807) is 0 Å². The molecule has 0 aliphatic heterocycles. The van der Waals surface area contributed by atoms with Crippen LogP contribution in [0.15, 0.2) is 0 Å². The van der Waals surface area contributed by atoms with Crippen molar-refractivity contribution in [3.05, 3.63) is 0 Å². The van der Waals surface area contributed by atoms with Crippen molar-refractivity contribution in [1.29, 1.82) is 0 Å². The first-order valence-corrected chi connectivity index (χ1v) is 9.54. The summed E-state index contributed by atoms with van der Waals surface area (Å²) in [5, 5.41) is 0. The van der Waals surface area contributed by atoms with Gasteiger partial charge in [-0.05, 0) is 43.9 Å². The third kappa shape index (κ3) is 3.56. The van der Waals surface area contributed by atoms with E-state index in [4.69, 9.17) is 4.74 Å². The molecule has 0 aromatic heterocycles. The van der Waals surface area contributed by atoms with Gasteiger partial charge >= 0.3 is 5.97 Å². The maximum atomic E-state index is 12.7. The quantitative estimate of drug-likeness (QED) is 0.538. The summed E-state index contributed by atoms with van der Waals surface area (Å²) in [5.74, 6) is 0.267. The maximum Gasteiger partial charge on any atom is 0.302 e. The second-order valence-electron chi connectivity index (χ2n) is 8.36. The summed E-state index contributed by atoms with van der Waals surface area (Å²) >= 11 is 0. The van der Waals surface area contributed by atoms with Gasteiger partial charge in [-0.1, -0.05) is 6.92 Å². The summed E-state index contributed by atoms with van der Waals surface area (Å²) in [7, 11) is 0. The smallest absolute Gasteiger partial charge is 0.302 e. The first-order valence-electron chi connectivity index (χ1n) is 9.54. The van der Waals surface area contributed by atoms with Crippen LogP contribution in [0.2, 0.25) is 0 Å². The van der Waals surface area contributed by atoms with Crippen LogP contribution in [0.3, 0.4) is 0 Å². The van der Waals surface area contributed by atoms with Gasteiger partial charge in [0.25, 0.3) is 0 Å². The van der Waals surface area contributed by atoms with Crippen molar-refractivity contribution in [2.75, 3.05) is 0 Å². The lowest BCUT2D eigenvalue weighted by Crippen LogP contribution is -2.46. The number of hydrogen-bond acceptors (Lipinski definition) is 5. The molecule has 3 rings (SSSR count). The van der Waals surface area contributed by atoms with E-state index in [1.165, 1.54) is 6.92 Å². The topological polar surface area (TPSA) is 77.5 Å². The molecule has 25 heavy (non-hydrogen) atoms. The lowest BCUT2D eigenvalue weighted by atomic mass is 9.57. The van der Waals surface area contributed by atoms with Crippen molar-refractivity contribution < 1.29 is 23.9 Å². The molecule has 3 saturated carbocycles. The monoisotopic (exact) mass is 348 g/mol. The zero-order valence-corrected chi connectivity index (χ0v) is 15.2. The van der Waals surface area contributed by atoms with Gasteiger partial charge in [0.2, 0.25) is 0 Å². The van der Waals surface area contributed by atoms with Crippen LogP contribution in [-0.2, 0) is 23.9 Å². The van der Waals surface area contributed by atoms with Crippen molar-refractivity contribution in [2.24, 2.45) is 23.2 Å². The highest BCUT2D eigenvalue weighted by atomic mass is 16.5. The Balaban J connectivity index is 1.83. The largest absolute Gasteiger partial charge is 0.462 e. The Bertz CT molecular complexity index is 595. The normalized spacial score (nSPS) is 39.5. The summed E-state index contributed by atoms with van der Waals surface area (Å²) in [5.41, 5.74) is -0.101. The van der Waals surface area contributed by atoms with Gasteiger partial charge in [0.1, 0.15) is 23.5 Å². The molecule has 0 heterocycles. The number of carbonyl (C=O) groups excluding carboxylic acids is 4. The van der Waals surface area contributed by atoms with Crippen LogP contribution in [0, 0.1) is 23.2 Å². The number of hydrogen-bond donors (Lipinski definition) is 0. The molecular weight excluding hydrogens is 320 g/mol. The highest BCUT2D eigenvalue weighted by molar-refractivity contribution is 6.00. The highest BCUT2D eigenvalue weighted by Crippen LogP contribution is 2.58. The van der Waals surface area contributed by atoms with E-state index in [0.29, 0.717) is 18.8 Å². The predicted molar refractivity (Wildman–Crippen MR) is 90.7 cm³/mol. The Morgan fingerprint density at radius 2 is 1.72 bits per heavy atom. The molecule has 0 unspecified atom stereocenters. The molecule has 3 fully saturated rings. The van der Waals surface area contributed by atoms with Gasteiger partial charge in [-0.15, -0.1) is 0 Å². The third-order valence-corrected chi connectivity index (χ3v) is 6.87. The Morgan fingerprint density at radius 1 is 1.00 bits per heavy atom. The Kier molecular flexibility index (Phi) is 5.12. The van der Waals surface area contributed by atoms with Gasteiger partial charge in [0.05, 0.1) is 6.42 Å². The molecule has 0 saturated heterocycles. The number of ether oxygens (including phenoxy) is 1. The van der Waals surface area contributed by atoms with Crippen LogP contribution in [0.5, 0.6) is 0 Å². The van der Waals surface area contributed by atoms with Crippen molar-refractivity contribution in [2.45, 2.75) is 77.7 Å². The van der Waals surface area contributed by atoms with E-state index in [-0.39, 0.29) is 65.9 Å². The molecule has 0 radical (unpaired) electrons. The van der Waals surface area contributed by atoms with Crippen LogP contribution in [0.25, 0.3) is 0 Å². The third-order valence-electron chi connectivity index (χ3n) is 6.87. The molecule has 0 N–H and O–H groups in total. The van der Waals surface area contributed by atoms with Gasteiger partial charge in [0, 0.05) is 37.5 Å². The minimum atomic E-state index is -0.246. The second kappa shape index (κ2) is 7.00. The number of Topliss-reactive ketones (excluding diaryl/α,β-unsaturated/α-hetero) is 3. The number of ketones is 3. The molecule has 0 aromatic carbocycles. The average Bonchev–Trinajstić information content (AvgIpc) is 2.86. The van der Waals surface area contributed by atoms with E-state index in [9.17, 15) is 19.2 Å². The first-order chi connectivity index (χ1) is 11.8. The Hall–Kier alpha value is -1.52. The molecule has 138 valence electrons. The molecule has 0 amide bonds. The van der Waals surface area contributed by atoms with Gasteiger partial charge in [0.15, 0.2) is 0 Å². The van der Waals surface area contributed by atoms with Crippen LogP contribution in [0.4, 0.5) is 0 Å². The van der Waals surface area contributed by atoms with Gasteiger partial charge in [-0.25, -0.2) is 0 Å². The van der Waals surface area contributed by atoms with Gasteiger partial charge < -0.3 is 4.74 Å². The molecule has 3 aliphatic carbocycles. The highest BCUT2D eigenvalue weighted by Gasteiger charge is 2.56. The number of fused-ring (bicyclic) bond motifs is 3. The van der Waals surface area contributed by atoms with E-state index >= 15 is 0 Å². The van der Waals surface area contributed by atoms with Gasteiger partial charge in [-0.2, -0.15) is 0 Å². The molecular formula is C20H28O5. The molecule has 0 aromatic rings. The lowest BCUT2D eigenvalue weighted by Gasteiger charge is -2.48. The number of esters is 1. The molecule has 5 heteroatoms. The standard InChI is InChI=1S/C20H28O5/c1-12(21)25-19-8-6-17-15-5-3-13(22)11-14(23)4-7-18(24)16(15)9-10-20(17,19)2/h15-17,19H,3-11H2,1-2H3/t15-,16+,17+,19+,20-/m0/s1. The maximum absolute atomic E-state index is 12.7. The van der Waals surface area contributed by atoms with Crippen molar-refractivity contribution in [3.63, 3.8) is 0 Å². The SMILES string of the molecule is CC(=O)O[C@@H]1CC[C@@H]2[C@H]3CCC(=O)CC(=O)CCC(=O)[C@@H]3CC[C@@]21C. The Morgan fingerprint density at radius 3 is 2.44 bits per heavy atom. The molecule has 5 nitrogen and oxygen atoms in total. The summed E-state index contributed by atoms with van der Waals surface area (Å²) in [6, 6.07) is 0. The van der Waals surface area contributed by atoms with E-state index in [2.05, 4.69) is 6.92 Å². The van der Waals surface area contributed by atoms with Crippen LogP contribution >= 0.6 is 0 Å². The summed E-state index contributed by atoms with van der Waals surface area (Å²) in [6.07, 6.45) is 4.83. The minimum Gasteiger partial charge on any atom is -0.462 e. The summed E-state index contributed by atoms with van der Waals surface area (Å²) in [4.78, 5) is 48.0. The number of rotatable bonds is 1. The molecule has 0 bridgehead atoms. The van der Waals surface area contributed by atoms with Crippen LogP contribution in [-0.4, -0.2) is 29.4 Å². The Labute approximate surface area is 148 Å². The lowest BCUT2D eigenvalue weighted by molar-refractivity contribution is -0.156. The number of carbonyl (C=O) groups is 4. The second-order valence-corrected chi connectivity index (χ2v) is 8.36. The van der Waals surface area contributed by atoms with Crippen LogP contribution in [0.1, 0.15) is 71.6 Å². The average molecular weight is 348 g/mol. The van der Waals surface area contributed by atoms with Crippen molar-refractivity contribution in [1.82, 2.24) is 0 Å². The first kappa shape index (κ1) is 18.3. The molecule has 3 aliphatic rings. The zero-order valence-electron chi connectivity index (χ0n) is 15.2. The zero-order chi connectivity index (χ0) is 18.2. The fourth-order valence-electron chi connectivity index (χ4n) is 5.61. The predicted octanol–water partition coefficient (Wildman–Crippen LogP) is 3.03. The summed E-state index contributed by atoms with van der Waals surface area (Å²) in [6.45, 7) is 3.63. The van der Waals surface area contributed by atoms with Crippen molar-refractivity contribution >= 4 is 23.3 Å². The van der Waals surface area contributed by atoms with E-state index in [0.717, 1.165) is 25.7 Å². The fourth-order valence-corrected chi connectivity index (χ4v) is 5.61. The van der Waals surface area contributed by atoms with E-state index in [1.807, 2.05) is 0 Å². The molecule has 0 spiro atoms. The minimum absolute atomic E-state index is 0.0000848. The summed E-state index contributed by atoms with van der Waals surface area (Å²) < 4.78 is 5.59. The molecule has 5 atom stereocenters. The van der Waals surface area contributed by atoms with Crippen molar-refractivity contribution in [3.8, 4) is 0 Å². The van der Waals surface area contributed by atoms with Crippen LogP contribution < -0.4 is 0 Å².